The lowest BCUT2D eigenvalue weighted by molar-refractivity contribution is 0.474. The van der Waals surface area contributed by atoms with Crippen LogP contribution in [0.5, 0.6) is 0 Å². The van der Waals surface area contributed by atoms with Crippen LogP contribution in [0.2, 0.25) is 0 Å². The molecule has 19 heavy (non-hydrogen) atoms. The zero-order valence-corrected chi connectivity index (χ0v) is 10.9. The van der Waals surface area contributed by atoms with Gasteiger partial charge in [-0.2, -0.15) is 5.10 Å². The molecule has 0 fully saturated rings. The van der Waals surface area contributed by atoms with Crippen molar-refractivity contribution in [2.45, 2.75) is 18.9 Å². The first-order valence-corrected chi connectivity index (χ1v) is 6.45. The molecule has 3 aromatic rings. The van der Waals surface area contributed by atoms with E-state index in [-0.39, 0.29) is 6.04 Å². The van der Waals surface area contributed by atoms with Gasteiger partial charge in [0.05, 0.1) is 6.04 Å². The monoisotopic (exact) mass is 255 g/mol. The molecule has 4 heteroatoms. The van der Waals surface area contributed by atoms with E-state index in [1.165, 1.54) is 5.69 Å². The molecule has 4 nitrogen and oxygen atoms in total. The van der Waals surface area contributed by atoms with Gasteiger partial charge in [0.25, 0.3) is 0 Å². The molecule has 1 atom stereocenters. The lowest BCUT2D eigenvalue weighted by Gasteiger charge is -2.08. The summed E-state index contributed by atoms with van der Waals surface area (Å²) < 4.78 is 7.66. The molecule has 2 heterocycles. The molecule has 0 radical (unpaired) electrons. The Labute approximate surface area is 111 Å². The lowest BCUT2D eigenvalue weighted by Crippen LogP contribution is -2.11. The van der Waals surface area contributed by atoms with Crippen molar-refractivity contribution in [2.75, 3.05) is 0 Å². The Balaban J connectivity index is 1.73. The summed E-state index contributed by atoms with van der Waals surface area (Å²) in [5.74, 6) is 0.850. The number of aromatic nitrogens is 2. The van der Waals surface area contributed by atoms with Crippen LogP contribution in [-0.2, 0) is 13.5 Å². The van der Waals surface area contributed by atoms with Crippen molar-refractivity contribution >= 4 is 11.0 Å². The number of benzene rings is 1. The summed E-state index contributed by atoms with van der Waals surface area (Å²) in [5, 5.41) is 5.26. The zero-order chi connectivity index (χ0) is 13.2. The standard InChI is InChI=1S/C15H17N3O/c1-18-12(8-9-17-18)6-7-13(16)15-10-11-4-2-3-5-14(11)19-15/h2-5,8-10,13H,6-7,16H2,1H3. The maximum atomic E-state index is 6.20. The minimum atomic E-state index is -0.0812. The van der Waals surface area contributed by atoms with E-state index in [9.17, 15) is 0 Å². The van der Waals surface area contributed by atoms with E-state index in [1.54, 1.807) is 0 Å². The van der Waals surface area contributed by atoms with Gasteiger partial charge in [0.2, 0.25) is 0 Å². The second kappa shape index (κ2) is 4.90. The molecule has 1 unspecified atom stereocenters. The molecule has 1 aromatic carbocycles. The summed E-state index contributed by atoms with van der Waals surface area (Å²) in [5.41, 5.74) is 8.29. The van der Waals surface area contributed by atoms with Crippen LogP contribution in [0, 0.1) is 0 Å². The van der Waals surface area contributed by atoms with Gasteiger partial charge in [-0.3, -0.25) is 4.68 Å². The Bertz CT molecular complexity index is 650. The molecule has 0 bridgehead atoms. The zero-order valence-electron chi connectivity index (χ0n) is 10.9. The van der Waals surface area contributed by atoms with Gasteiger partial charge in [0.1, 0.15) is 11.3 Å². The van der Waals surface area contributed by atoms with Gasteiger partial charge in [-0.25, -0.2) is 0 Å². The maximum absolute atomic E-state index is 6.20. The topological polar surface area (TPSA) is 57.0 Å². The Morgan fingerprint density at radius 1 is 1.32 bits per heavy atom. The van der Waals surface area contributed by atoms with Crippen molar-refractivity contribution < 1.29 is 4.42 Å². The fourth-order valence-electron chi connectivity index (χ4n) is 2.28. The van der Waals surface area contributed by atoms with Crippen molar-refractivity contribution in [3.8, 4) is 0 Å². The van der Waals surface area contributed by atoms with Crippen LogP contribution in [0.15, 0.2) is 47.0 Å². The molecule has 2 N–H and O–H groups in total. The summed E-state index contributed by atoms with van der Waals surface area (Å²) in [7, 11) is 1.95. The van der Waals surface area contributed by atoms with E-state index >= 15 is 0 Å². The molecule has 3 rings (SSSR count). The number of rotatable bonds is 4. The first kappa shape index (κ1) is 12.0. The number of hydrogen-bond donors (Lipinski definition) is 1. The quantitative estimate of drug-likeness (QED) is 0.780. The first-order chi connectivity index (χ1) is 9.24. The smallest absolute Gasteiger partial charge is 0.134 e. The fraction of sp³-hybridized carbons (Fsp3) is 0.267. The van der Waals surface area contributed by atoms with Crippen molar-refractivity contribution in [3.63, 3.8) is 0 Å². The van der Waals surface area contributed by atoms with Crippen molar-refractivity contribution in [2.24, 2.45) is 12.8 Å². The highest BCUT2D eigenvalue weighted by Crippen LogP contribution is 2.24. The number of hydrogen-bond acceptors (Lipinski definition) is 3. The second-order valence-corrected chi connectivity index (χ2v) is 4.78. The highest BCUT2D eigenvalue weighted by molar-refractivity contribution is 5.77. The van der Waals surface area contributed by atoms with Crippen molar-refractivity contribution in [3.05, 3.63) is 54.0 Å². The third-order valence-corrected chi connectivity index (χ3v) is 3.44. The van der Waals surface area contributed by atoms with Crippen LogP contribution in [0.1, 0.15) is 23.9 Å². The van der Waals surface area contributed by atoms with Gasteiger partial charge in [0.15, 0.2) is 0 Å². The van der Waals surface area contributed by atoms with Crippen LogP contribution < -0.4 is 5.73 Å². The molecule has 0 aliphatic rings. The van der Waals surface area contributed by atoms with E-state index in [0.29, 0.717) is 0 Å². The SMILES string of the molecule is Cn1nccc1CCC(N)c1cc2ccccc2o1. The van der Waals surface area contributed by atoms with Crippen LogP contribution >= 0.6 is 0 Å². The number of aryl methyl sites for hydroxylation is 2. The van der Waals surface area contributed by atoms with E-state index in [1.807, 2.05) is 54.3 Å². The molecular weight excluding hydrogens is 238 g/mol. The summed E-state index contributed by atoms with van der Waals surface area (Å²) in [6, 6.07) is 11.9. The largest absolute Gasteiger partial charge is 0.459 e. The van der Waals surface area contributed by atoms with E-state index < -0.39 is 0 Å². The molecule has 0 aliphatic heterocycles. The van der Waals surface area contributed by atoms with Gasteiger partial charge >= 0.3 is 0 Å². The van der Waals surface area contributed by atoms with Crippen LogP contribution in [0.4, 0.5) is 0 Å². The van der Waals surface area contributed by atoms with Crippen molar-refractivity contribution in [1.29, 1.82) is 0 Å². The van der Waals surface area contributed by atoms with E-state index in [0.717, 1.165) is 29.6 Å². The highest BCUT2D eigenvalue weighted by atomic mass is 16.3. The van der Waals surface area contributed by atoms with Gasteiger partial charge in [-0.15, -0.1) is 0 Å². The van der Waals surface area contributed by atoms with E-state index in [2.05, 4.69) is 5.10 Å². The maximum Gasteiger partial charge on any atom is 0.134 e. The Hall–Kier alpha value is -2.07. The van der Waals surface area contributed by atoms with Crippen LogP contribution in [0.3, 0.4) is 0 Å². The molecule has 0 aliphatic carbocycles. The Morgan fingerprint density at radius 3 is 2.89 bits per heavy atom. The predicted molar refractivity (Wildman–Crippen MR) is 74.7 cm³/mol. The molecule has 0 amide bonds. The first-order valence-electron chi connectivity index (χ1n) is 6.45. The minimum absolute atomic E-state index is 0.0812. The van der Waals surface area contributed by atoms with Crippen molar-refractivity contribution in [1.82, 2.24) is 9.78 Å². The average Bonchev–Trinajstić information content (AvgIpc) is 3.01. The Morgan fingerprint density at radius 2 is 2.16 bits per heavy atom. The number of furan rings is 1. The van der Waals surface area contributed by atoms with Crippen LogP contribution in [-0.4, -0.2) is 9.78 Å². The van der Waals surface area contributed by atoms with Gasteiger partial charge in [-0.05, 0) is 31.0 Å². The van der Waals surface area contributed by atoms with E-state index in [4.69, 9.17) is 10.2 Å². The van der Waals surface area contributed by atoms with Gasteiger partial charge in [0, 0.05) is 24.3 Å². The van der Waals surface area contributed by atoms with Gasteiger partial charge in [-0.1, -0.05) is 18.2 Å². The fourth-order valence-corrected chi connectivity index (χ4v) is 2.28. The van der Waals surface area contributed by atoms with Gasteiger partial charge < -0.3 is 10.2 Å². The summed E-state index contributed by atoms with van der Waals surface area (Å²) in [6.07, 6.45) is 3.55. The average molecular weight is 255 g/mol. The summed E-state index contributed by atoms with van der Waals surface area (Å²) in [6.45, 7) is 0. The molecule has 98 valence electrons. The molecule has 0 spiro atoms. The number of nitrogens with zero attached hydrogens (tertiary/aromatic N) is 2. The minimum Gasteiger partial charge on any atom is -0.459 e. The normalized spacial score (nSPS) is 12.9. The third kappa shape index (κ3) is 2.39. The number of nitrogens with two attached hydrogens (primary N) is 1. The predicted octanol–water partition coefficient (Wildman–Crippen LogP) is 2.80. The number of para-hydroxylation sites is 1. The summed E-state index contributed by atoms with van der Waals surface area (Å²) in [4.78, 5) is 0. The molecular formula is C15H17N3O. The second-order valence-electron chi connectivity index (χ2n) is 4.78. The third-order valence-electron chi connectivity index (χ3n) is 3.44. The molecule has 0 saturated heterocycles. The lowest BCUT2D eigenvalue weighted by atomic mass is 10.1. The molecule has 2 aromatic heterocycles. The summed E-state index contributed by atoms with van der Waals surface area (Å²) >= 11 is 0. The highest BCUT2D eigenvalue weighted by Gasteiger charge is 2.12. The number of fused-ring (bicyclic) bond motifs is 1. The molecule has 0 saturated carbocycles. The van der Waals surface area contributed by atoms with Crippen LogP contribution in [0.25, 0.3) is 11.0 Å². The Kier molecular flexibility index (Phi) is 3.09.